The molecule has 4 heteroatoms. The van der Waals surface area contributed by atoms with Crippen molar-refractivity contribution in [2.45, 2.75) is 26.9 Å². The lowest BCUT2D eigenvalue weighted by Gasteiger charge is -2.14. The van der Waals surface area contributed by atoms with Crippen LogP contribution in [0.15, 0.2) is 24.3 Å². The number of nitrogens with one attached hydrogen (secondary N) is 1. The summed E-state index contributed by atoms with van der Waals surface area (Å²) in [6.45, 7) is 9.26. The Morgan fingerprint density at radius 1 is 1.25 bits per heavy atom. The maximum atomic E-state index is 9.80. The molecule has 1 unspecified atom stereocenters. The number of aliphatic hydroxyl groups is 1. The van der Waals surface area contributed by atoms with Crippen LogP contribution < -0.4 is 10.1 Å². The van der Waals surface area contributed by atoms with Gasteiger partial charge in [0.25, 0.3) is 0 Å². The maximum Gasteiger partial charge on any atom is 0.119 e. The van der Waals surface area contributed by atoms with Crippen LogP contribution in [0, 0.1) is 12.8 Å². The van der Waals surface area contributed by atoms with Gasteiger partial charge in [0.1, 0.15) is 18.5 Å². The second-order valence-electron chi connectivity index (χ2n) is 5.45. The van der Waals surface area contributed by atoms with Crippen molar-refractivity contribution >= 4 is 0 Å². The van der Waals surface area contributed by atoms with Crippen molar-refractivity contribution in [1.29, 1.82) is 0 Å². The van der Waals surface area contributed by atoms with Gasteiger partial charge in [-0.15, -0.1) is 0 Å². The summed E-state index contributed by atoms with van der Waals surface area (Å²) in [5.41, 5.74) is 1.15. The standard InChI is InChI=1S/C16H27NO3/c1-13(2)11-19-8-7-17-10-15(18)12-20-16-6-4-5-14(3)9-16/h4-6,9,13,15,17-18H,7-8,10-12H2,1-3H3. The van der Waals surface area contributed by atoms with E-state index in [9.17, 15) is 5.11 Å². The van der Waals surface area contributed by atoms with Gasteiger partial charge < -0.3 is 19.9 Å². The summed E-state index contributed by atoms with van der Waals surface area (Å²) in [5.74, 6) is 1.35. The van der Waals surface area contributed by atoms with Crippen LogP contribution in [-0.4, -0.2) is 44.1 Å². The molecule has 114 valence electrons. The molecule has 1 atom stereocenters. The minimum Gasteiger partial charge on any atom is -0.491 e. The predicted octanol–water partition coefficient (Wildman–Crippen LogP) is 2.00. The third-order valence-electron chi connectivity index (χ3n) is 2.69. The molecule has 0 amide bonds. The Labute approximate surface area is 122 Å². The third kappa shape index (κ3) is 8.15. The van der Waals surface area contributed by atoms with Gasteiger partial charge in [0.2, 0.25) is 0 Å². The molecular formula is C16H27NO3. The summed E-state index contributed by atoms with van der Waals surface area (Å²) in [4.78, 5) is 0. The van der Waals surface area contributed by atoms with Gasteiger partial charge >= 0.3 is 0 Å². The van der Waals surface area contributed by atoms with E-state index in [0.29, 0.717) is 25.7 Å². The topological polar surface area (TPSA) is 50.7 Å². The van der Waals surface area contributed by atoms with Crippen molar-refractivity contribution in [1.82, 2.24) is 5.32 Å². The number of benzene rings is 1. The van der Waals surface area contributed by atoms with Crippen molar-refractivity contribution in [3.05, 3.63) is 29.8 Å². The lowest BCUT2D eigenvalue weighted by Crippen LogP contribution is -2.33. The minimum atomic E-state index is -0.513. The molecule has 1 aromatic carbocycles. The molecule has 4 nitrogen and oxygen atoms in total. The van der Waals surface area contributed by atoms with E-state index in [2.05, 4.69) is 19.2 Å². The van der Waals surface area contributed by atoms with Crippen LogP contribution in [0.1, 0.15) is 19.4 Å². The summed E-state index contributed by atoms with van der Waals surface area (Å²) in [6, 6.07) is 7.82. The van der Waals surface area contributed by atoms with Gasteiger partial charge in [0, 0.05) is 19.7 Å². The van der Waals surface area contributed by atoms with Crippen LogP contribution in [0.2, 0.25) is 0 Å². The first kappa shape index (κ1) is 17.0. The fourth-order valence-electron chi connectivity index (χ4n) is 1.69. The van der Waals surface area contributed by atoms with E-state index < -0.39 is 6.10 Å². The van der Waals surface area contributed by atoms with Gasteiger partial charge in [0.05, 0.1) is 6.61 Å². The summed E-state index contributed by atoms with van der Waals surface area (Å²) in [6.07, 6.45) is -0.513. The molecule has 0 heterocycles. The van der Waals surface area contributed by atoms with Crippen LogP contribution in [0.25, 0.3) is 0 Å². The molecule has 0 aliphatic heterocycles. The molecule has 1 rings (SSSR count). The van der Waals surface area contributed by atoms with Gasteiger partial charge in [-0.3, -0.25) is 0 Å². The fourth-order valence-corrected chi connectivity index (χ4v) is 1.69. The van der Waals surface area contributed by atoms with Gasteiger partial charge in [-0.25, -0.2) is 0 Å². The Balaban J connectivity index is 2.04. The smallest absolute Gasteiger partial charge is 0.119 e. The third-order valence-corrected chi connectivity index (χ3v) is 2.69. The SMILES string of the molecule is Cc1cccc(OCC(O)CNCCOCC(C)C)c1. The van der Waals surface area contributed by atoms with E-state index in [-0.39, 0.29) is 0 Å². The van der Waals surface area contributed by atoms with Crippen LogP contribution in [0.3, 0.4) is 0 Å². The van der Waals surface area contributed by atoms with E-state index in [1.807, 2.05) is 31.2 Å². The normalized spacial score (nSPS) is 12.7. The molecule has 0 fully saturated rings. The molecule has 0 spiro atoms. The summed E-state index contributed by atoms with van der Waals surface area (Å²) in [7, 11) is 0. The molecule has 0 saturated carbocycles. The number of rotatable bonds is 10. The molecule has 1 aromatic rings. The Hall–Kier alpha value is -1.10. The summed E-state index contributed by atoms with van der Waals surface area (Å²) in [5, 5.41) is 12.9. The van der Waals surface area contributed by atoms with Crippen molar-refractivity contribution < 1.29 is 14.6 Å². The first-order valence-corrected chi connectivity index (χ1v) is 7.24. The van der Waals surface area contributed by atoms with E-state index in [0.717, 1.165) is 24.5 Å². The highest BCUT2D eigenvalue weighted by molar-refractivity contribution is 5.27. The van der Waals surface area contributed by atoms with E-state index in [1.165, 1.54) is 0 Å². The van der Waals surface area contributed by atoms with E-state index >= 15 is 0 Å². The van der Waals surface area contributed by atoms with Crippen molar-refractivity contribution in [2.75, 3.05) is 32.9 Å². The molecule has 20 heavy (non-hydrogen) atoms. The average Bonchev–Trinajstić information content (AvgIpc) is 2.40. The minimum absolute atomic E-state index is 0.295. The summed E-state index contributed by atoms with van der Waals surface area (Å²) >= 11 is 0. The van der Waals surface area contributed by atoms with Gasteiger partial charge in [0.15, 0.2) is 0 Å². The molecule has 0 bridgehead atoms. The fraction of sp³-hybridized carbons (Fsp3) is 0.625. The highest BCUT2D eigenvalue weighted by Gasteiger charge is 2.04. The summed E-state index contributed by atoms with van der Waals surface area (Å²) < 4.78 is 11.0. The lowest BCUT2D eigenvalue weighted by atomic mass is 10.2. The highest BCUT2D eigenvalue weighted by Crippen LogP contribution is 2.12. The Bertz CT molecular complexity index is 368. The molecule has 0 aromatic heterocycles. The first-order chi connectivity index (χ1) is 9.58. The Kier molecular flexibility index (Phi) is 8.26. The average molecular weight is 281 g/mol. The second-order valence-corrected chi connectivity index (χ2v) is 5.45. The number of hydrogen-bond donors (Lipinski definition) is 2. The lowest BCUT2D eigenvalue weighted by molar-refractivity contribution is 0.0924. The zero-order chi connectivity index (χ0) is 14.8. The highest BCUT2D eigenvalue weighted by atomic mass is 16.5. The van der Waals surface area contributed by atoms with Gasteiger partial charge in [-0.05, 0) is 30.5 Å². The number of ether oxygens (including phenoxy) is 2. The van der Waals surface area contributed by atoms with Crippen molar-refractivity contribution in [2.24, 2.45) is 5.92 Å². The zero-order valence-electron chi connectivity index (χ0n) is 12.8. The van der Waals surface area contributed by atoms with Crippen LogP contribution in [0.4, 0.5) is 0 Å². The van der Waals surface area contributed by atoms with Crippen LogP contribution in [-0.2, 0) is 4.74 Å². The molecule has 0 aliphatic carbocycles. The molecule has 2 N–H and O–H groups in total. The van der Waals surface area contributed by atoms with Gasteiger partial charge in [-0.1, -0.05) is 26.0 Å². The van der Waals surface area contributed by atoms with Crippen molar-refractivity contribution in [3.8, 4) is 5.75 Å². The monoisotopic (exact) mass is 281 g/mol. The number of aliphatic hydroxyl groups excluding tert-OH is 1. The number of aryl methyl sites for hydroxylation is 1. The molecule has 0 radical (unpaired) electrons. The van der Waals surface area contributed by atoms with E-state index in [4.69, 9.17) is 9.47 Å². The molecular weight excluding hydrogens is 254 g/mol. The number of hydrogen-bond acceptors (Lipinski definition) is 4. The molecule has 0 saturated heterocycles. The Morgan fingerprint density at radius 3 is 2.75 bits per heavy atom. The zero-order valence-corrected chi connectivity index (χ0v) is 12.8. The van der Waals surface area contributed by atoms with Gasteiger partial charge in [-0.2, -0.15) is 0 Å². The second kappa shape index (κ2) is 9.75. The Morgan fingerprint density at radius 2 is 2.05 bits per heavy atom. The first-order valence-electron chi connectivity index (χ1n) is 7.24. The van der Waals surface area contributed by atoms with Crippen molar-refractivity contribution in [3.63, 3.8) is 0 Å². The largest absolute Gasteiger partial charge is 0.491 e. The van der Waals surface area contributed by atoms with Crippen LogP contribution in [0.5, 0.6) is 5.75 Å². The maximum absolute atomic E-state index is 9.80. The molecule has 0 aliphatic rings. The predicted molar refractivity (Wildman–Crippen MR) is 81.2 cm³/mol. The van der Waals surface area contributed by atoms with Crippen LogP contribution >= 0.6 is 0 Å². The van der Waals surface area contributed by atoms with E-state index in [1.54, 1.807) is 0 Å². The quantitative estimate of drug-likeness (QED) is 0.644.